The van der Waals surface area contributed by atoms with Gasteiger partial charge in [-0.1, -0.05) is 0 Å². The first-order valence-electron chi connectivity index (χ1n) is 5.90. The third-order valence-electron chi connectivity index (χ3n) is 3.06. The normalized spacial score (nSPS) is 10.6. The lowest BCUT2D eigenvalue weighted by Crippen LogP contribution is -2.25. The van der Waals surface area contributed by atoms with Gasteiger partial charge in [-0.25, -0.2) is 0 Å². The molecule has 2 aromatic rings. The summed E-state index contributed by atoms with van der Waals surface area (Å²) in [7, 11) is 1.92. The zero-order valence-corrected chi connectivity index (χ0v) is 10.9. The van der Waals surface area contributed by atoms with E-state index in [0.717, 1.165) is 17.8 Å². The van der Waals surface area contributed by atoms with Gasteiger partial charge in [-0.3, -0.25) is 9.48 Å². The Hall–Kier alpha value is -2.04. The lowest BCUT2D eigenvalue weighted by molar-refractivity contribution is 0.0926. The lowest BCUT2D eigenvalue weighted by Gasteiger charge is -2.04. The molecule has 2 rings (SSSR count). The quantitative estimate of drug-likeness (QED) is 0.892. The van der Waals surface area contributed by atoms with Gasteiger partial charge in [0.1, 0.15) is 0 Å². The van der Waals surface area contributed by atoms with Crippen molar-refractivity contribution < 1.29 is 9.21 Å². The van der Waals surface area contributed by atoms with Gasteiger partial charge in [-0.2, -0.15) is 5.10 Å². The summed E-state index contributed by atoms with van der Waals surface area (Å²) in [6.45, 7) is 4.59. The Morgan fingerprint density at radius 2 is 2.28 bits per heavy atom. The van der Waals surface area contributed by atoms with Crippen LogP contribution in [0.25, 0.3) is 0 Å². The van der Waals surface area contributed by atoms with Crippen LogP contribution in [0.4, 0.5) is 0 Å². The van der Waals surface area contributed by atoms with Crippen molar-refractivity contribution in [2.45, 2.75) is 20.3 Å². The maximum Gasteiger partial charge on any atom is 0.286 e. The van der Waals surface area contributed by atoms with E-state index < -0.39 is 0 Å². The fraction of sp³-hybridized carbons (Fsp3) is 0.385. The number of hydrogen-bond donors (Lipinski definition) is 1. The third-order valence-corrected chi connectivity index (χ3v) is 3.06. The van der Waals surface area contributed by atoms with Crippen molar-refractivity contribution in [1.82, 2.24) is 15.1 Å². The van der Waals surface area contributed by atoms with E-state index in [1.54, 1.807) is 12.1 Å². The van der Waals surface area contributed by atoms with E-state index in [4.69, 9.17) is 4.42 Å². The molecule has 18 heavy (non-hydrogen) atoms. The van der Waals surface area contributed by atoms with Crippen molar-refractivity contribution >= 4 is 5.91 Å². The summed E-state index contributed by atoms with van der Waals surface area (Å²) in [6, 6.07) is 3.35. The SMILES string of the molecule is Cc1nn(C)c(C)c1CCNC(=O)c1ccco1. The number of furan rings is 1. The highest BCUT2D eigenvalue weighted by Gasteiger charge is 2.11. The van der Waals surface area contributed by atoms with Crippen LogP contribution in [0.3, 0.4) is 0 Å². The van der Waals surface area contributed by atoms with E-state index in [2.05, 4.69) is 10.4 Å². The maximum absolute atomic E-state index is 11.6. The highest BCUT2D eigenvalue weighted by molar-refractivity contribution is 5.91. The molecule has 5 heteroatoms. The van der Waals surface area contributed by atoms with Crippen LogP contribution >= 0.6 is 0 Å². The molecule has 2 heterocycles. The molecule has 0 aliphatic heterocycles. The first kappa shape index (κ1) is 12.4. The number of nitrogens with one attached hydrogen (secondary N) is 1. The fourth-order valence-corrected chi connectivity index (χ4v) is 1.98. The molecule has 1 amide bonds. The molecule has 2 aromatic heterocycles. The van der Waals surface area contributed by atoms with Crippen molar-refractivity contribution in [3.63, 3.8) is 0 Å². The summed E-state index contributed by atoms with van der Waals surface area (Å²) in [5.41, 5.74) is 3.35. The van der Waals surface area contributed by atoms with Gasteiger partial charge in [-0.15, -0.1) is 0 Å². The summed E-state index contributed by atoms with van der Waals surface area (Å²) in [6.07, 6.45) is 2.27. The number of carbonyl (C=O) groups is 1. The van der Waals surface area contributed by atoms with Crippen molar-refractivity contribution in [2.75, 3.05) is 6.54 Å². The van der Waals surface area contributed by atoms with Gasteiger partial charge in [0.05, 0.1) is 12.0 Å². The summed E-state index contributed by atoms with van der Waals surface area (Å²) >= 11 is 0. The first-order chi connectivity index (χ1) is 8.59. The Balaban J connectivity index is 1.91. The Kier molecular flexibility index (Phi) is 3.50. The summed E-state index contributed by atoms with van der Waals surface area (Å²) in [4.78, 5) is 11.6. The average molecular weight is 247 g/mol. The van der Waals surface area contributed by atoms with Crippen LogP contribution in [0.15, 0.2) is 22.8 Å². The monoisotopic (exact) mass is 247 g/mol. The molecule has 0 aliphatic rings. The molecule has 1 N–H and O–H groups in total. The molecule has 0 aromatic carbocycles. The zero-order valence-electron chi connectivity index (χ0n) is 10.9. The maximum atomic E-state index is 11.6. The minimum absolute atomic E-state index is 0.181. The molecule has 0 aliphatic carbocycles. The molecule has 96 valence electrons. The molecule has 0 unspecified atom stereocenters. The molecule has 0 saturated heterocycles. The van der Waals surface area contributed by atoms with Gasteiger partial charge in [0.15, 0.2) is 5.76 Å². The fourth-order valence-electron chi connectivity index (χ4n) is 1.98. The molecular weight excluding hydrogens is 230 g/mol. The second-order valence-electron chi connectivity index (χ2n) is 4.26. The minimum Gasteiger partial charge on any atom is -0.459 e. The second-order valence-corrected chi connectivity index (χ2v) is 4.26. The standard InChI is InChI=1S/C13H17N3O2/c1-9-11(10(2)16(3)15-9)6-7-14-13(17)12-5-4-8-18-12/h4-5,8H,6-7H2,1-3H3,(H,14,17). The Morgan fingerprint density at radius 1 is 1.50 bits per heavy atom. The lowest BCUT2D eigenvalue weighted by atomic mass is 10.1. The number of rotatable bonds is 4. The molecule has 0 fully saturated rings. The van der Waals surface area contributed by atoms with Crippen molar-refractivity contribution in [3.8, 4) is 0 Å². The molecule has 0 saturated carbocycles. The van der Waals surface area contributed by atoms with Gasteiger partial charge in [0.2, 0.25) is 0 Å². The van der Waals surface area contributed by atoms with E-state index in [1.807, 2.05) is 25.6 Å². The van der Waals surface area contributed by atoms with E-state index >= 15 is 0 Å². The molecule has 0 spiro atoms. The summed E-state index contributed by atoms with van der Waals surface area (Å²) < 4.78 is 6.88. The van der Waals surface area contributed by atoms with Gasteiger partial charge < -0.3 is 9.73 Å². The molecule has 0 bridgehead atoms. The predicted octanol–water partition coefficient (Wildman–Crippen LogP) is 1.60. The van der Waals surface area contributed by atoms with Crippen LogP contribution < -0.4 is 5.32 Å². The second kappa shape index (κ2) is 5.08. The number of aryl methyl sites for hydroxylation is 2. The van der Waals surface area contributed by atoms with Crippen LogP contribution in [-0.4, -0.2) is 22.2 Å². The zero-order chi connectivity index (χ0) is 13.1. The van der Waals surface area contributed by atoms with Crippen LogP contribution in [0, 0.1) is 13.8 Å². The smallest absolute Gasteiger partial charge is 0.286 e. The molecule has 0 atom stereocenters. The summed E-state index contributed by atoms with van der Waals surface area (Å²) in [5, 5.41) is 7.17. The largest absolute Gasteiger partial charge is 0.459 e. The van der Waals surface area contributed by atoms with Crippen LogP contribution in [0.2, 0.25) is 0 Å². The van der Waals surface area contributed by atoms with Crippen molar-refractivity contribution in [3.05, 3.63) is 41.1 Å². The van der Waals surface area contributed by atoms with Gasteiger partial charge in [0, 0.05) is 19.3 Å². The number of amides is 1. The number of aromatic nitrogens is 2. The van der Waals surface area contributed by atoms with Gasteiger partial charge in [-0.05, 0) is 38.0 Å². The number of carbonyl (C=O) groups excluding carboxylic acids is 1. The molecule has 5 nitrogen and oxygen atoms in total. The average Bonchev–Trinajstić information content (AvgIpc) is 2.93. The van der Waals surface area contributed by atoms with Crippen LogP contribution in [0.1, 0.15) is 27.5 Å². The minimum atomic E-state index is -0.181. The van der Waals surface area contributed by atoms with E-state index in [9.17, 15) is 4.79 Å². The van der Waals surface area contributed by atoms with E-state index in [-0.39, 0.29) is 5.91 Å². The molecular formula is C13H17N3O2. The van der Waals surface area contributed by atoms with Gasteiger partial charge in [0.25, 0.3) is 5.91 Å². The topological polar surface area (TPSA) is 60.1 Å². The third kappa shape index (κ3) is 2.45. The first-order valence-corrected chi connectivity index (χ1v) is 5.90. The Labute approximate surface area is 106 Å². The highest BCUT2D eigenvalue weighted by Crippen LogP contribution is 2.11. The van der Waals surface area contributed by atoms with Crippen molar-refractivity contribution in [1.29, 1.82) is 0 Å². The molecule has 0 radical (unpaired) electrons. The predicted molar refractivity (Wildman–Crippen MR) is 67.4 cm³/mol. The van der Waals surface area contributed by atoms with Crippen LogP contribution in [-0.2, 0) is 13.5 Å². The Bertz CT molecular complexity index is 541. The number of nitrogens with zero attached hydrogens (tertiary/aromatic N) is 2. The Morgan fingerprint density at radius 3 is 2.83 bits per heavy atom. The highest BCUT2D eigenvalue weighted by atomic mass is 16.3. The summed E-state index contributed by atoms with van der Waals surface area (Å²) in [5.74, 6) is 0.161. The van der Waals surface area contributed by atoms with Crippen LogP contribution in [0.5, 0.6) is 0 Å². The van der Waals surface area contributed by atoms with E-state index in [0.29, 0.717) is 12.3 Å². The number of hydrogen-bond acceptors (Lipinski definition) is 3. The van der Waals surface area contributed by atoms with E-state index in [1.165, 1.54) is 11.8 Å². The van der Waals surface area contributed by atoms with Crippen molar-refractivity contribution in [2.24, 2.45) is 7.05 Å². The van der Waals surface area contributed by atoms with Gasteiger partial charge >= 0.3 is 0 Å².